The van der Waals surface area contributed by atoms with E-state index in [4.69, 9.17) is 15.6 Å². The summed E-state index contributed by atoms with van der Waals surface area (Å²) in [5, 5.41) is 13.0. The lowest BCUT2D eigenvalue weighted by Gasteiger charge is -2.03. The van der Waals surface area contributed by atoms with E-state index in [0.29, 0.717) is 23.8 Å². The number of hydrogen-bond donors (Lipinski definition) is 2. The molecule has 0 spiro atoms. The van der Waals surface area contributed by atoms with Crippen LogP contribution in [0.2, 0.25) is 0 Å². The van der Waals surface area contributed by atoms with Gasteiger partial charge in [0.15, 0.2) is 0 Å². The van der Waals surface area contributed by atoms with E-state index in [9.17, 15) is 4.39 Å². The van der Waals surface area contributed by atoms with Gasteiger partial charge in [-0.2, -0.15) is 5.10 Å². The molecule has 2 aromatic rings. The maximum absolute atomic E-state index is 12.7. The quantitative estimate of drug-likeness (QED) is 0.836. The fourth-order valence-corrected chi connectivity index (χ4v) is 1.52. The molecule has 0 amide bonds. The minimum absolute atomic E-state index is 0.0237. The van der Waals surface area contributed by atoms with Crippen molar-refractivity contribution in [3.63, 3.8) is 0 Å². The number of nitrogens with zero attached hydrogens (tertiary/aromatic N) is 2. The third-order valence-electron chi connectivity index (χ3n) is 2.37. The lowest BCUT2D eigenvalue weighted by atomic mass is 10.3. The molecule has 0 unspecified atom stereocenters. The zero-order valence-electron chi connectivity index (χ0n) is 9.71. The SMILES string of the molecule is Nc1cc(COc2ccc(F)cc2)nn1CCO. The van der Waals surface area contributed by atoms with Crippen molar-refractivity contribution < 1.29 is 14.2 Å². The van der Waals surface area contributed by atoms with Gasteiger partial charge in [-0.15, -0.1) is 0 Å². The summed E-state index contributed by atoms with van der Waals surface area (Å²) < 4.78 is 19.6. The molecule has 6 heteroatoms. The van der Waals surface area contributed by atoms with Gasteiger partial charge in [-0.1, -0.05) is 0 Å². The van der Waals surface area contributed by atoms with Crippen LogP contribution in [0.4, 0.5) is 10.2 Å². The first kappa shape index (κ1) is 12.4. The van der Waals surface area contributed by atoms with E-state index in [1.807, 2.05) is 0 Å². The lowest BCUT2D eigenvalue weighted by Crippen LogP contribution is -2.08. The van der Waals surface area contributed by atoms with Crippen molar-refractivity contribution in [1.82, 2.24) is 9.78 Å². The number of aromatic nitrogens is 2. The molecule has 0 saturated carbocycles. The van der Waals surface area contributed by atoms with Gasteiger partial charge in [0.05, 0.1) is 13.2 Å². The molecular formula is C12H14FN3O2. The molecule has 18 heavy (non-hydrogen) atoms. The Morgan fingerprint density at radius 1 is 1.33 bits per heavy atom. The van der Waals surface area contributed by atoms with Crippen LogP contribution in [-0.4, -0.2) is 21.5 Å². The summed E-state index contributed by atoms with van der Waals surface area (Å²) >= 11 is 0. The van der Waals surface area contributed by atoms with E-state index in [1.165, 1.54) is 16.8 Å². The van der Waals surface area contributed by atoms with Crippen LogP contribution in [0.3, 0.4) is 0 Å². The molecule has 1 aromatic carbocycles. The van der Waals surface area contributed by atoms with Crippen LogP contribution >= 0.6 is 0 Å². The fraction of sp³-hybridized carbons (Fsp3) is 0.250. The Morgan fingerprint density at radius 2 is 2.06 bits per heavy atom. The van der Waals surface area contributed by atoms with Gasteiger partial charge in [-0.25, -0.2) is 9.07 Å². The molecule has 0 aliphatic heterocycles. The smallest absolute Gasteiger partial charge is 0.132 e. The number of anilines is 1. The molecule has 1 heterocycles. The first-order valence-corrected chi connectivity index (χ1v) is 5.50. The number of aliphatic hydroxyl groups is 1. The monoisotopic (exact) mass is 251 g/mol. The molecule has 96 valence electrons. The second-order valence-corrected chi connectivity index (χ2v) is 3.75. The zero-order chi connectivity index (χ0) is 13.0. The molecule has 0 radical (unpaired) electrons. The van der Waals surface area contributed by atoms with E-state index in [0.717, 1.165) is 0 Å². The molecule has 0 bridgehead atoms. The molecule has 2 rings (SSSR count). The molecule has 0 atom stereocenters. The summed E-state index contributed by atoms with van der Waals surface area (Å²) in [6, 6.07) is 7.42. The van der Waals surface area contributed by atoms with Gasteiger partial charge >= 0.3 is 0 Å². The number of benzene rings is 1. The average molecular weight is 251 g/mol. The predicted molar refractivity (Wildman–Crippen MR) is 64.5 cm³/mol. The van der Waals surface area contributed by atoms with Crippen LogP contribution in [-0.2, 0) is 13.2 Å². The van der Waals surface area contributed by atoms with Crippen molar-refractivity contribution in [3.05, 3.63) is 41.8 Å². The Labute approximate surface area is 104 Å². The summed E-state index contributed by atoms with van der Waals surface area (Å²) in [4.78, 5) is 0. The first-order chi connectivity index (χ1) is 8.69. The van der Waals surface area contributed by atoms with Crippen molar-refractivity contribution in [3.8, 4) is 5.75 Å². The molecule has 0 fully saturated rings. The number of nitrogen functional groups attached to an aromatic ring is 1. The van der Waals surface area contributed by atoms with Crippen molar-refractivity contribution in [2.45, 2.75) is 13.2 Å². The Morgan fingerprint density at radius 3 is 2.72 bits per heavy atom. The average Bonchev–Trinajstić information content (AvgIpc) is 2.70. The van der Waals surface area contributed by atoms with E-state index in [-0.39, 0.29) is 19.0 Å². The molecule has 0 aliphatic carbocycles. The van der Waals surface area contributed by atoms with Crippen LogP contribution < -0.4 is 10.5 Å². The third kappa shape index (κ3) is 2.98. The highest BCUT2D eigenvalue weighted by molar-refractivity contribution is 5.31. The number of halogens is 1. The van der Waals surface area contributed by atoms with E-state index in [1.54, 1.807) is 18.2 Å². The molecular weight excluding hydrogens is 237 g/mol. The van der Waals surface area contributed by atoms with Gasteiger partial charge in [0.2, 0.25) is 0 Å². The Balaban J connectivity index is 1.97. The number of ether oxygens (including phenoxy) is 1. The topological polar surface area (TPSA) is 73.3 Å². The number of hydrogen-bond acceptors (Lipinski definition) is 4. The molecule has 5 nitrogen and oxygen atoms in total. The highest BCUT2D eigenvalue weighted by Gasteiger charge is 2.05. The minimum atomic E-state index is -0.307. The van der Waals surface area contributed by atoms with Gasteiger partial charge in [0.1, 0.15) is 29.7 Å². The van der Waals surface area contributed by atoms with E-state index >= 15 is 0 Å². The van der Waals surface area contributed by atoms with Crippen molar-refractivity contribution in [1.29, 1.82) is 0 Å². The molecule has 0 aliphatic rings. The predicted octanol–water partition coefficient (Wildman–Crippen LogP) is 1.18. The highest BCUT2D eigenvalue weighted by Crippen LogP contribution is 2.14. The summed E-state index contributed by atoms with van der Waals surface area (Å²) in [5.74, 6) is 0.729. The largest absolute Gasteiger partial charge is 0.487 e. The third-order valence-corrected chi connectivity index (χ3v) is 2.37. The Bertz CT molecular complexity index is 511. The van der Waals surface area contributed by atoms with E-state index in [2.05, 4.69) is 5.10 Å². The van der Waals surface area contributed by atoms with Gasteiger partial charge in [0.25, 0.3) is 0 Å². The first-order valence-electron chi connectivity index (χ1n) is 5.50. The van der Waals surface area contributed by atoms with Crippen LogP contribution in [0.15, 0.2) is 30.3 Å². The van der Waals surface area contributed by atoms with Crippen LogP contribution in [0.5, 0.6) is 5.75 Å². The van der Waals surface area contributed by atoms with Gasteiger partial charge in [-0.05, 0) is 24.3 Å². The lowest BCUT2D eigenvalue weighted by molar-refractivity contribution is 0.267. The summed E-state index contributed by atoms with van der Waals surface area (Å²) in [7, 11) is 0. The van der Waals surface area contributed by atoms with Gasteiger partial charge < -0.3 is 15.6 Å². The summed E-state index contributed by atoms with van der Waals surface area (Å²) in [5.41, 5.74) is 6.36. The highest BCUT2D eigenvalue weighted by atomic mass is 19.1. The fourth-order valence-electron chi connectivity index (χ4n) is 1.52. The standard InChI is InChI=1S/C12H14FN3O2/c13-9-1-3-11(4-2-9)18-8-10-7-12(14)16(15-10)5-6-17/h1-4,7,17H,5-6,8,14H2. The maximum Gasteiger partial charge on any atom is 0.132 e. The van der Waals surface area contributed by atoms with Crippen molar-refractivity contribution >= 4 is 5.82 Å². The van der Waals surface area contributed by atoms with Crippen LogP contribution in [0, 0.1) is 5.82 Å². The van der Waals surface area contributed by atoms with Gasteiger partial charge in [0, 0.05) is 6.07 Å². The molecule has 0 saturated heterocycles. The number of rotatable bonds is 5. The second-order valence-electron chi connectivity index (χ2n) is 3.75. The summed E-state index contributed by atoms with van der Waals surface area (Å²) in [6.45, 7) is 0.570. The zero-order valence-corrected chi connectivity index (χ0v) is 9.71. The number of aliphatic hydroxyl groups excluding tert-OH is 1. The van der Waals surface area contributed by atoms with E-state index < -0.39 is 0 Å². The second kappa shape index (κ2) is 5.50. The summed E-state index contributed by atoms with van der Waals surface area (Å²) in [6.07, 6.45) is 0. The van der Waals surface area contributed by atoms with Crippen molar-refractivity contribution in [2.24, 2.45) is 0 Å². The van der Waals surface area contributed by atoms with Crippen molar-refractivity contribution in [2.75, 3.05) is 12.3 Å². The van der Waals surface area contributed by atoms with Crippen LogP contribution in [0.1, 0.15) is 5.69 Å². The van der Waals surface area contributed by atoms with Crippen LogP contribution in [0.25, 0.3) is 0 Å². The van der Waals surface area contributed by atoms with Gasteiger partial charge in [-0.3, -0.25) is 0 Å². The molecule has 3 N–H and O–H groups in total. The minimum Gasteiger partial charge on any atom is -0.487 e. The molecule has 1 aromatic heterocycles. The Kier molecular flexibility index (Phi) is 3.78. The Hall–Kier alpha value is -2.08. The maximum atomic E-state index is 12.7. The normalized spacial score (nSPS) is 10.6. The number of nitrogens with two attached hydrogens (primary N) is 1.